The van der Waals surface area contributed by atoms with Gasteiger partial charge in [-0.15, -0.1) is 0 Å². The molecule has 8 rings (SSSR count). The molecule has 0 N–H and O–H groups in total. The molecule has 0 spiro atoms. The second-order valence-corrected chi connectivity index (χ2v) is 11.3. The maximum absolute atomic E-state index is 15.5. The molecule has 2 heterocycles. The zero-order valence-electron chi connectivity index (χ0n) is 24.8. The molecule has 0 radical (unpaired) electrons. The van der Waals surface area contributed by atoms with E-state index in [2.05, 4.69) is 41.8 Å². The fraction of sp³-hybridized carbons (Fsp3) is 0.0250. The van der Waals surface area contributed by atoms with Crippen molar-refractivity contribution in [2.75, 3.05) is 0 Å². The number of para-hydroxylation sites is 1. The van der Waals surface area contributed by atoms with Crippen molar-refractivity contribution in [3.8, 4) is 51.0 Å². The van der Waals surface area contributed by atoms with Gasteiger partial charge in [0.05, 0.1) is 11.0 Å². The molecule has 0 saturated heterocycles. The molecule has 46 heavy (non-hydrogen) atoms. The molecule has 8 aromatic rings. The molecule has 0 unspecified atom stereocenters. The van der Waals surface area contributed by atoms with Gasteiger partial charge in [-0.1, -0.05) is 97.1 Å². The van der Waals surface area contributed by atoms with Crippen LogP contribution >= 0.6 is 0 Å². The summed E-state index contributed by atoms with van der Waals surface area (Å²) in [5.41, 5.74) is 7.14. The maximum atomic E-state index is 15.5. The largest absolute Gasteiger partial charge is 0.309 e. The minimum Gasteiger partial charge on any atom is -0.309 e. The molecule has 4 nitrogen and oxygen atoms in total. The first-order valence-corrected chi connectivity index (χ1v) is 15.0. The number of hydrogen-bond acceptors (Lipinski definition) is 3. The molecule has 0 atom stereocenters. The van der Waals surface area contributed by atoms with Gasteiger partial charge in [-0.25, -0.2) is 23.7 Å². The number of rotatable bonds is 5. The maximum Gasteiger partial charge on any atom is 0.164 e. The average molecular weight is 601 g/mol. The van der Waals surface area contributed by atoms with Crippen LogP contribution in [0, 0.1) is 18.6 Å². The Morgan fingerprint density at radius 1 is 0.478 bits per heavy atom. The molecular formula is C40H26F2N4. The summed E-state index contributed by atoms with van der Waals surface area (Å²) >= 11 is 0. The lowest BCUT2D eigenvalue weighted by molar-refractivity contribution is 0.585. The molecule has 6 heteroatoms. The fourth-order valence-corrected chi connectivity index (χ4v) is 6.09. The van der Waals surface area contributed by atoms with Crippen LogP contribution in [0.3, 0.4) is 0 Å². The summed E-state index contributed by atoms with van der Waals surface area (Å²) < 4.78 is 31.7. The van der Waals surface area contributed by atoms with Gasteiger partial charge in [0, 0.05) is 44.8 Å². The van der Waals surface area contributed by atoms with Crippen molar-refractivity contribution < 1.29 is 8.78 Å². The zero-order chi connectivity index (χ0) is 31.2. The molecule has 0 aliphatic heterocycles. The highest BCUT2D eigenvalue weighted by atomic mass is 19.1. The minimum atomic E-state index is -0.665. The van der Waals surface area contributed by atoms with Gasteiger partial charge in [0.15, 0.2) is 17.5 Å². The van der Waals surface area contributed by atoms with E-state index in [0.29, 0.717) is 28.6 Å². The highest BCUT2D eigenvalue weighted by Crippen LogP contribution is 2.38. The SMILES string of the molecule is Cc1ccc2c3ccccc3n(-c3ccc(-c4ccc(F)cc4F)c(-c4nc(-c5ccccc5)nc(-c5ccccc5)n4)c3)c2c1. The number of halogens is 2. The molecule has 6 aromatic carbocycles. The van der Waals surface area contributed by atoms with E-state index in [4.69, 9.17) is 15.0 Å². The number of fused-ring (bicyclic) bond motifs is 3. The van der Waals surface area contributed by atoms with Gasteiger partial charge < -0.3 is 4.57 Å². The quantitative estimate of drug-likeness (QED) is 0.197. The first-order chi connectivity index (χ1) is 22.5. The third-order valence-corrected chi connectivity index (χ3v) is 8.25. The molecule has 0 aliphatic rings. The summed E-state index contributed by atoms with van der Waals surface area (Å²) in [4.78, 5) is 14.8. The van der Waals surface area contributed by atoms with E-state index in [0.717, 1.165) is 50.2 Å². The minimum absolute atomic E-state index is 0.254. The topological polar surface area (TPSA) is 43.6 Å². The van der Waals surface area contributed by atoms with Gasteiger partial charge in [-0.3, -0.25) is 0 Å². The second kappa shape index (κ2) is 11.2. The Hall–Kier alpha value is -6.01. The summed E-state index contributed by atoms with van der Waals surface area (Å²) in [5.74, 6) is 0.0612. The summed E-state index contributed by atoms with van der Waals surface area (Å²) in [5, 5.41) is 2.26. The van der Waals surface area contributed by atoms with Crippen LogP contribution in [0.25, 0.3) is 72.8 Å². The first-order valence-electron chi connectivity index (χ1n) is 15.0. The number of nitrogens with zero attached hydrogens (tertiary/aromatic N) is 4. The Morgan fingerprint density at radius 2 is 1.09 bits per heavy atom. The van der Waals surface area contributed by atoms with Gasteiger partial charge in [-0.05, 0) is 54.4 Å². The van der Waals surface area contributed by atoms with Crippen LogP contribution in [0.5, 0.6) is 0 Å². The number of hydrogen-bond donors (Lipinski definition) is 0. The summed E-state index contributed by atoms with van der Waals surface area (Å²) in [7, 11) is 0. The van der Waals surface area contributed by atoms with E-state index in [1.54, 1.807) is 0 Å². The molecule has 0 amide bonds. The molecule has 0 fully saturated rings. The Bertz CT molecular complexity index is 2340. The molecular weight excluding hydrogens is 574 g/mol. The highest BCUT2D eigenvalue weighted by Gasteiger charge is 2.20. The van der Waals surface area contributed by atoms with E-state index in [9.17, 15) is 4.39 Å². The van der Waals surface area contributed by atoms with Gasteiger partial charge in [-0.2, -0.15) is 0 Å². The Morgan fingerprint density at radius 3 is 1.78 bits per heavy atom. The molecule has 220 valence electrons. The normalized spacial score (nSPS) is 11.4. The predicted molar refractivity (Wildman–Crippen MR) is 181 cm³/mol. The van der Waals surface area contributed by atoms with Crippen molar-refractivity contribution in [3.63, 3.8) is 0 Å². The molecule has 0 saturated carbocycles. The van der Waals surface area contributed by atoms with Crippen LogP contribution in [0.15, 0.2) is 140 Å². The van der Waals surface area contributed by atoms with Gasteiger partial charge in [0.2, 0.25) is 0 Å². The van der Waals surface area contributed by atoms with Crippen LogP contribution in [-0.4, -0.2) is 19.5 Å². The number of aromatic nitrogens is 4. The number of aryl methyl sites for hydroxylation is 1. The predicted octanol–water partition coefficient (Wildman–Crippen LogP) is 10.2. The molecule has 2 aromatic heterocycles. The smallest absolute Gasteiger partial charge is 0.164 e. The van der Waals surface area contributed by atoms with E-state index in [1.807, 2.05) is 91.0 Å². The average Bonchev–Trinajstić information content (AvgIpc) is 3.42. The summed E-state index contributed by atoms with van der Waals surface area (Å²) in [6.07, 6.45) is 0. The van der Waals surface area contributed by atoms with E-state index in [-0.39, 0.29) is 5.56 Å². The standard InChI is InChI=1S/C40H26F2N4/c1-25-16-19-33-32-14-8-9-15-36(32)46(37(33)22-25)29-18-21-30(31-20-17-28(41)23-35(31)42)34(24-29)40-44-38(26-10-4-2-5-11-26)43-39(45-40)27-12-6-3-7-13-27/h2-24H,1H3. The van der Waals surface area contributed by atoms with Gasteiger partial charge in [0.1, 0.15) is 11.6 Å². The van der Waals surface area contributed by atoms with Crippen molar-refractivity contribution in [2.24, 2.45) is 0 Å². The van der Waals surface area contributed by atoms with Crippen LogP contribution < -0.4 is 0 Å². The highest BCUT2D eigenvalue weighted by molar-refractivity contribution is 6.09. The third-order valence-electron chi connectivity index (χ3n) is 8.25. The van der Waals surface area contributed by atoms with Crippen molar-refractivity contribution in [1.82, 2.24) is 19.5 Å². The van der Waals surface area contributed by atoms with Crippen molar-refractivity contribution in [2.45, 2.75) is 6.92 Å². The lowest BCUT2D eigenvalue weighted by Crippen LogP contribution is -2.03. The number of benzene rings is 6. The Kier molecular flexibility index (Phi) is 6.68. The van der Waals surface area contributed by atoms with Crippen molar-refractivity contribution >= 4 is 21.8 Å². The lowest BCUT2D eigenvalue weighted by atomic mass is 9.97. The first kappa shape index (κ1) is 27.5. The van der Waals surface area contributed by atoms with Crippen LogP contribution in [0.2, 0.25) is 0 Å². The Balaban J connectivity index is 1.44. The van der Waals surface area contributed by atoms with Crippen LogP contribution in [-0.2, 0) is 0 Å². The molecule has 0 bridgehead atoms. The third kappa shape index (κ3) is 4.81. The van der Waals surface area contributed by atoms with Gasteiger partial charge in [0.25, 0.3) is 0 Å². The summed E-state index contributed by atoms with van der Waals surface area (Å²) in [6.45, 7) is 2.08. The fourth-order valence-electron chi connectivity index (χ4n) is 6.09. The summed E-state index contributed by atoms with van der Waals surface area (Å²) in [6, 6.07) is 43.6. The second-order valence-electron chi connectivity index (χ2n) is 11.3. The lowest BCUT2D eigenvalue weighted by Gasteiger charge is -2.16. The van der Waals surface area contributed by atoms with E-state index in [1.165, 1.54) is 12.1 Å². The van der Waals surface area contributed by atoms with Crippen molar-refractivity contribution in [3.05, 3.63) is 157 Å². The monoisotopic (exact) mass is 600 g/mol. The van der Waals surface area contributed by atoms with Crippen LogP contribution in [0.1, 0.15) is 5.56 Å². The Labute approximate surface area is 264 Å². The van der Waals surface area contributed by atoms with E-state index < -0.39 is 11.6 Å². The zero-order valence-corrected chi connectivity index (χ0v) is 24.8. The molecule has 0 aliphatic carbocycles. The van der Waals surface area contributed by atoms with Crippen LogP contribution in [0.4, 0.5) is 8.78 Å². The van der Waals surface area contributed by atoms with Crippen molar-refractivity contribution in [1.29, 1.82) is 0 Å². The van der Waals surface area contributed by atoms with E-state index >= 15 is 4.39 Å². The van der Waals surface area contributed by atoms with Gasteiger partial charge >= 0.3 is 0 Å².